The van der Waals surface area contributed by atoms with Crippen LogP contribution in [0.4, 0.5) is 0 Å². The minimum absolute atomic E-state index is 0.209. The van der Waals surface area contributed by atoms with Crippen molar-refractivity contribution >= 4 is 17.1 Å². The normalized spacial score (nSPS) is 20.7. The highest BCUT2D eigenvalue weighted by atomic mass is 32.1. The molecule has 1 saturated heterocycles. The van der Waals surface area contributed by atoms with Crippen LogP contribution in [0.5, 0.6) is 0 Å². The number of carbonyl (C=O) groups excluding carboxylic acids is 1. The van der Waals surface area contributed by atoms with Gasteiger partial charge in [-0.15, -0.1) is 11.3 Å². The molecule has 1 aromatic rings. The quantitative estimate of drug-likeness (QED) is 0.768. The first-order chi connectivity index (χ1) is 7.34. The maximum absolute atomic E-state index is 11.6. The van der Waals surface area contributed by atoms with Crippen LogP contribution in [0.15, 0.2) is 17.5 Å². The fraction of sp³-hybridized carbons (Fsp3) is 0.583. The Morgan fingerprint density at radius 1 is 1.60 bits per heavy atom. The number of thiophene rings is 1. The summed E-state index contributed by atoms with van der Waals surface area (Å²) in [7, 11) is 0. The van der Waals surface area contributed by atoms with Gasteiger partial charge in [0, 0.05) is 24.3 Å². The zero-order valence-corrected chi connectivity index (χ0v) is 9.59. The molecule has 1 aliphatic heterocycles. The van der Waals surface area contributed by atoms with E-state index in [4.69, 9.17) is 4.74 Å². The van der Waals surface area contributed by atoms with Gasteiger partial charge in [0.25, 0.3) is 0 Å². The van der Waals surface area contributed by atoms with Crippen molar-refractivity contribution in [2.45, 2.75) is 38.2 Å². The molecular formula is C12H16O2S. The van der Waals surface area contributed by atoms with Crippen LogP contribution in [-0.4, -0.2) is 18.5 Å². The van der Waals surface area contributed by atoms with Crippen molar-refractivity contribution in [2.75, 3.05) is 6.61 Å². The molecule has 2 rings (SSSR count). The first-order valence-corrected chi connectivity index (χ1v) is 6.38. The zero-order valence-electron chi connectivity index (χ0n) is 8.78. The van der Waals surface area contributed by atoms with Gasteiger partial charge in [-0.25, -0.2) is 0 Å². The van der Waals surface area contributed by atoms with Crippen molar-refractivity contribution < 1.29 is 9.53 Å². The summed E-state index contributed by atoms with van der Waals surface area (Å²) in [4.78, 5) is 12.9. The lowest BCUT2D eigenvalue weighted by Gasteiger charge is -2.07. The zero-order chi connectivity index (χ0) is 10.5. The molecular weight excluding hydrogens is 208 g/mol. The fourth-order valence-corrected chi connectivity index (χ4v) is 2.59. The monoisotopic (exact) mass is 224 g/mol. The summed E-state index contributed by atoms with van der Waals surface area (Å²) < 4.78 is 5.44. The molecule has 0 spiro atoms. The third-order valence-electron chi connectivity index (χ3n) is 2.71. The predicted molar refractivity (Wildman–Crippen MR) is 61.2 cm³/mol. The predicted octanol–water partition coefficient (Wildman–Crippen LogP) is 2.82. The summed E-state index contributed by atoms with van der Waals surface area (Å²) >= 11 is 1.72. The number of Topliss-reactive ketones (excluding diaryl/α,β-unsaturated/α-hetero) is 1. The lowest BCUT2D eigenvalue weighted by atomic mass is 10.1. The second-order valence-electron chi connectivity index (χ2n) is 3.96. The first kappa shape index (κ1) is 10.8. The number of ketones is 1. The molecule has 2 heterocycles. The van der Waals surface area contributed by atoms with E-state index in [1.807, 2.05) is 6.07 Å². The topological polar surface area (TPSA) is 26.3 Å². The van der Waals surface area contributed by atoms with Crippen molar-refractivity contribution in [3.63, 3.8) is 0 Å². The molecule has 0 saturated carbocycles. The Balaban J connectivity index is 1.68. The molecule has 3 heteroatoms. The average Bonchev–Trinajstić information content (AvgIpc) is 2.86. The number of hydrogen-bond donors (Lipinski definition) is 0. The summed E-state index contributed by atoms with van der Waals surface area (Å²) in [5.41, 5.74) is 0. The largest absolute Gasteiger partial charge is 0.378 e. The highest BCUT2D eigenvalue weighted by Gasteiger charge is 2.18. The Labute approximate surface area is 94.3 Å². The molecule has 1 unspecified atom stereocenters. The van der Waals surface area contributed by atoms with Crippen molar-refractivity contribution in [1.82, 2.24) is 0 Å². The van der Waals surface area contributed by atoms with Gasteiger partial charge in [0.05, 0.1) is 6.10 Å². The van der Waals surface area contributed by atoms with Crippen LogP contribution in [0.3, 0.4) is 0 Å². The van der Waals surface area contributed by atoms with Crippen LogP contribution in [0.2, 0.25) is 0 Å². The Hall–Kier alpha value is -0.670. The number of aryl methyl sites for hydroxylation is 1. The van der Waals surface area contributed by atoms with Gasteiger partial charge < -0.3 is 4.74 Å². The maximum Gasteiger partial charge on any atom is 0.135 e. The second kappa shape index (κ2) is 5.42. The van der Waals surface area contributed by atoms with E-state index in [9.17, 15) is 4.79 Å². The van der Waals surface area contributed by atoms with Crippen molar-refractivity contribution in [2.24, 2.45) is 0 Å². The van der Waals surface area contributed by atoms with E-state index in [-0.39, 0.29) is 6.10 Å². The van der Waals surface area contributed by atoms with Gasteiger partial charge in [-0.3, -0.25) is 4.79 Å². The molecule has 15 heavy (non-hydrogen) atoms. The standard InChI is InChI=1S/C12H16O2S/c13-10(9-11-3-1-7-14-11)5-6-12-4-2-8-15-12/h2,4,8,11H,1,3,5-7,9H2. The Morgan fingerprint density at radius 2 is 2.53 bits per heavy atom. The first-order valence-electron chi connectivity index (χ1n) is 5.50. The number of hydrogen-bond acceptors (Lipinski definition) is 3. The summed E-state index contributed by atoms with van der Waals surface area (Å²) in [5.74, 6) is 0.343. The van der Waals surface area contributed by atoms with Gasteiger partial charge in [0.15, 0.2) is 0 Å². The SMILES string of the molecule is O=C(CCc1cccs1)CC1CCCO1. The number of rotatable bonds is 5. The van der Waals surface area contributed by atoms with Crippen LogP contribution < -0.4 is 0 Å². The van der Waals surface area contributed by atoms with E-state index in [2.05, 4.69) is 11.4 Å². The molecule has 0 radical (unpaired) electrons. The van der Waals surface area contributed by atoms with Gasteiger partial charge in [-0.2, -0.15) is 0 Å². The molecule has 2 nitrogen and oxygen atoms in total. The molecule has 0 aromatic carbocycles. The van der Waals surface area contributed by atoms with Crippen LogP contribution in [0.1, 0.15) is 30.6 Å². The van der Waals surface area contributed by atoms with Crippen molar-refractivity contribution in [1.29, 1.82) is 0 Å². The van der Waals surface area contributed by atoms with Crippen molar-refractivity contribution in [3.8, 4) is 0 Å². The smallest absolute Gasteiger partial charge is 0.135 e. The third kappa shape index (κ3) is 3.43. The van der Waals surface area contributed by atoms with Gasteiger partial charge in [0.2, 0.25) is 0 Å². The summed E-state index contributed by atoms with van der Waals surface area (Å²) in [6.45, 7) is 0.836. The van der Waals surface area contributed by atoms with E-state index < -0.39 is 0 Å². The summed E-state index contributed by atoms with van der Waals surface area (Å²) in [5, 5.41) is 2.06. The highest BCUT2D eigenvalue weighted by Crippen LogP contribution is 2.17. The second-order valence-corrected chi connectivity index (χ2v) is 4.99. The van der Waals surface area contributed by atoms with Crippen LogP contribution in [0.25, 0.3) is 0 Å². The van der Waals surface area contributed by atoms with Gasteiger partial charge in [-0.05, 0) is 30.7 Å². The minimum Gasteiger partial charge on any atom is -0.378 e. The molecule has 0 aliphatic carbocycles. The number of carbonyl (C=O) groups is 1. The van der Waals surface area contributed by atoms with E-state index in [1.54, 1.807) is 11.3 Å². The molecule has 0 N–H and O–H groups in total. The Kier molecular flexibility index (Phi) is 3.92. The minimum atomic E-state index is 0.209. The van der Waals surface area contributed by atoms with E-state index in [1.165, 1.54) is 4.88 Å². The van der Waals surface area contributed by atoms with Crippen LogP contribution >= 0.6 is 11.3 Å². The lowest BCUT2D eigenvalue weighted by Crippen LogP contribution is -2.12. The molecule has 82 valence electrons. The third-order valence-corrected chi connectivity index (χ3v) is 3.65. The Morgan fingerprint density at radius 3 is 3.20 bits per heavy atom. The number of ether oxygens (including phenoxy) is 1. The summed E-state index contributed by atoms with van der Waals surface area (Å²) in [6.07, 6.45) is 4.56. The summed E-state index contributed by atoms with van der Waals surface area (Å²) in [6, 6.07) is 4.12. The van der Waals surface area contributed by atoms with E-state index >= 15 is 0 Å². The van der Waals surface area contributed by atoms with E-state index in [0.29, 0.717) is 18.6 Å². The molecule has 1 atom stereocenters. The van der Waals surface area contributed by atoms with E-state index in [0.717, 1.165) is 25.9 Å². The highest BCUT2D eigenvalue weighted by molar-refractivity contribution is 7.09. The maximum atomic E-state index is 11.6. The lowest BCUT2D eigenvalue weighted by molar-refractivity contribution is -0.121. The molecule has 0 bridgehead atoms. The van der Waals surface area contributed by atoms with Gasteiger partial charge in [-0.1, -0.05) is 6.07 Å². The van der Waals surface area contributed by atoms with Gasteiger partial charge in [0.1, 0.15) is 5.78 Å². The van der Waals surface area contributed by atoms with Crippen LogP contribution in [-0.2, 0) is 16.0 Å². The fourth-order valence-electron chi connectivity index (χ4n) is 1.88. The Bertz CT molecular complexity index is 299. The average molecular weight is 224 g/mol. The molecule has 1 aromatic heterocycles. The van der Waals surface area contributed by atoms with Gasteiger partial charge >= 0.3 is 0 Å². The molecule has 1 aliphatic rings. The molecule has 1 fully saturated rings. The van der Waals surface area contributed by atoms with Crippen LogP contribution in [0, 0.1) is 0 Å². The van der Waals surface area contributed by atoms with Crippen molar-refractivity contribution in [3.05, 3.63) is 22.4 Å². The molecule has 0 amide bonds.